The Morgan fingerprint density at radius 2 is 2.05 bits per heavy atom. The molecule has 0 amide bonds. The van der Waals surface area contributed by atoms with E-state index >= 15 is 0 Å². The molecule has 1 heterocycles. The monoisotopic (exact) mass is 294 g/mol. The average molecular weight is 294 g/mol. The summed E-state index contributed by atoms with van der Waals surface area (Å²) >= 11 is 1.80. The molecule has 3 nitrogen and oxygen atoms in total. The highest BCUT2D eigenvalue weighted by Gasteiger charge is 2.51. The summed E-state index contributed by atoms with van der Waals surface area (Å²) in [6, 6.07) is 10.4. The first-order valence-corrected chi connectivity index (χ1v) is 8.23. The molecule has 3 unspecified atom stereocenters. The molecule has 1 saturated heterocycles. The van der Waals surface area contributed by atoms with E-state index in [0.29, 0.717) is 5.92 Å². The molecule has 0 aromatic heterocycles. The van der Waals surface area contributed by atoms with Crippen LogP contribution in [0.3, 0.4) is 0 Å². The Morgan fingerprint density at radius 3 is 2.80 bits per heavy atom. The van der Waals surface area contributed by atoms with Crippen LogP contribution in [-0.4, -0.2) is 28.2 Å². The highest BCUT2D eigenvalue weighted by atomic mass is 32.2. The number of hydrogen-bond acceptors (Lipinski definition) is 4. The van der Waals surface area contributed by atoms with Crippen molar-refractivity contribution in [3.05, 3.63) is 30.3 Å². The first kappa shape index (κ1) is 14.4. The Balaban J connectivity index is 1.65. The minimum absolute atomic E-state index is 0.184. The predicted molar refractivity (Wildman–Crippen MR) is 79.5 cm³/mol. The molecular formula is C16H22O3S. The van der Waals surface area contributed by atoms with Crippen LogP contribution in [0.2, 0.25) is 0 Å². The minimum Gasteiger partial charge on any atom is -0.387 e. The van der Waals surface area contributed by atoms with Crippen molar-refractivity contribution in [2.45, 2.75) is 55.3 Å². The number of aliphatic hydroxyl groups is 1. The quantitative estimate of drug-likeness (QED) is 0.685. The van der Waals surface area contributed by atoms with Gasteiger partial charge in [-0.05, 0) is 51.2 Å². The van der Waals surface area contributed by atoms with Gasteiger partial charge in [-0.1, -0.05) is 18.2 Å². The van der Waals surface area contributed by atoms with Gasteiger partial charge in [0.1, 0.15) is 11.7 Å². The lowest BCUT2D eigenvalue weighted by molar-refractivity contribution is -0.441. The third-order valence-electron chi connectivity index (χ3n) is 4.68. The van der Waals surface area contributed by atoms with Crippen LogP contribution >= 0.6 is 11.8 Å². The van der Waals surface area contributed by atoms with E-state index in [1.54, 1.807) is 11.8 Å². The summed E-state index contributed by atoms with van der Waals surface area (Å²) in [5.74, 6) is 1.33. The fraction of sp³-hybridized carbons (Fsp3) is 0.625. The standard InChI is InChI=1S/C16H22O3S/c1-15(17)9-8-12-10-14(15)18-19-16(12,2)11-20-13-6-4-3-5-7-13/h3-7,12,14,17H,8-11H2,1-2H3/t12?,14?,15-,16?/m0/s1. The first-order valence-electron chi connectivity index (χ1n) is 7.24. The van der Waals surface area contributed by atoms with Gasteiger partial charge in [-0.15, -0.1) is 11.8 Å². The zero-order valence-electron chi connectivity index (χ0n) is 12.0. The number of benzene rings is 1. The Bertz CT molecular complexity index is 462. The van der Waals surface area contributed by atoms with Gasteiger partial charge in [0, 0.05) is 10.6 Å². The molecule has 1 aromatic rings. The van der Waals surface area contributed by atoms with Gasteiger partial charge in [0.15, 0.2) is 0 Å². The lowest BCUT2D eigenvalue weighted by Gasteiger charge is -2.50. The Hall–Kier alpha value is -0.550. The topological polar surface area (TPSA) is 38.7 Å². The van der Waals surface area contributed by atoms with E-state index in [1.165, 1.54) is 4.90 Å². The Morgan fingerprint density at radius 1 is 1.30 bits per heavy atom. The van der Waals surface area contributed by atoms with Crippen LogP contribution in [0.25, 0.3) is 0 Å². The lowest BCUT2D eigenvalue weighted by atomic mass is 9.71. The maximum Gasteiger partial charge on any atom is 0.122 e. The van der Waals surface area contributed by atoms with Crippen molar-refractivity contribution in [3.8, 4) is 0 Å². The summed E-state index contributed by atoms with van der Waals surface area (Å²) in [6.07, 6.45) is 2.49. The van der Waals surface area contributed by atoms with Crippen LogP contribution in [0.4, 0.5) is 0 Å². The molecule has 1 N–H and O–H groups in total. The number of thioether (sulfide) groups is 1. The van der Waals surface area contributed by atoms with E-state index in [9.17, 15) is 5.11 Å². The summed E-state index contributed by atoms with van der Waals surface area (Å²) < 4.78 is 0. The molecule has 3 rings (SSSR count). The molecule has 4 atom stereocenters. The number of fused-ring (bicyclic) bond motifs is 2. The molecule has 1 saturated carbocycles. The fourth-order valence-electron chi connectivity index (χ4n) is 3.08. The molecule has 2 bridgehead atoms. The van der Waals surface area contributed by atoms with Crippen LogP contribution in [0.15, 0.2) is 35.2 Å². The third kappa shape index (κ3) is 2.75. The second-order valence-corrected chi connectivity index (χ2v) is 7.46. The largest absolute Gasteiger partial charge is 0.387 e. The first-order chi connectivity index (χ1) is 9.50. The van der Waals surface area contributed by atoms with Gasteiger partial charge >= 0.3 is 0 Å². The summed E-state index contributed by atoms with van der Waals surface area (Å²) in [5, 5.41) is 10.3. The smallest absolute Gasteiger partial charge is 0.122 e. The van der Waals surface area contributed by atoms with E-state index in [-0.39, 0.29) is 11.7 Å². The van der Waals surface area contributed by atoms with Gasteiger partial charge in [-0.3, -0.25) is 0 Å². The molecule has 1 aliphatic heterocycles. The number of rotatable bonds is 3. The van der Waals surface area contributed by atoms with Crippen LogP contribution in [-0.2, 0) is 9.78 Å². The molecule has 20 heavy (non-hydrogen) atoms. The van der Waals surface area contributed by atoms with Gasteiger partial charge < -0.3 is 5.11 Å². The summed E-state index contributed by atoms with van der Waals surface area (Å²) in [6.45, 7) is 3.97. The van der Waals surface area contributed by atoms with E-state index < -0.39 is 5.60 Å². The molecule has 0 spiro atoms. The van der Waals surface area contributed by atoms with Crippen LogP contribution in [0.5, 0.6) is 0 Å². The maximum atomic E-state index is 10.3. The zero-order chi connectivity index (χ0) is 14.2. The van der Waals surface area contributed by atoms with Gasteiger partial charge in [0.2, 0.25) is 0 Å². The molecule has 0 radical (unpaired) electrons. The van der Waals surface area contributed by atoms with Crippen molar-refractivity contribution in [1.29, 1.82) is 0 Å². The third-order valence-corrected chi connectivity index (χ3v) is 6.00. The van der Waals surface area contributed by atoms with Crippen molar-refractivity contribution >= 4 is 11.8 Å². The van der Waals surface area contributed by atoms with Gasteiger partial charge in [-0.2, -0.15) is 0 Å². The fourth-order valence-corrected chi connectivity index (χ4v) is 4.16. The van der Waals surface area contributed by atoms with Gasteiger partial charge in [0.25, 0.3) is 0 Å². The molecule has 110 valence electrons. The Labute approximate surface area is 124 Å². The molecule has 4 heteroatoms. The van der Waals surface area contributed by atoms with Gasteiger partial charge in [0.05, 0.1) is 5.60 Å². The highest BCUT2D eigenvalue weighted by Crippen LogP contribution is 2.46. The van der Waals surface area contributed by atoms with Gasteiger partial charge in [-0.25, -0.2) is 9.78 Å². The molecule has 1 aliphatic carbocycles. The van der Waals surface area contributed by atoms with E-state index in [0.717, 1.165) is 25.0 Å². The van der Waals surface area contributed by atoms with Crippen molar-refractivity contribution in [3.63, 3.8) is 0 Å². The Kier molecular flexibility index (Phi) is 3.84. The van der Waals surface area contributed by atoms with Crippen molar-refractivity contribution in [1.82, 2.24) is 0 Å². The minimum atomic E-state index is -0.746. The molecule has 2 fully saturated rings. The summed E-state index contributed by atoms with van der Waals surface area (Å²) in [4.78, 5) is 12.5. The summed E-state index contributed by atoms with van der Waals surface area (Å²) in [7, 11) is 0. The second-order valence-electron chi connectivity index (χ2n) is 6.41. The van der Waals surface area contributed by atoms with Crippen LogP contribution in [0, 0.1) is 5.92 Å². The second kappa shape index (κ2) is 5.34. The molecular weight excluding hydrogens is 272 g/mol. The summed E-state index contributed by atoms with van der Waals surface area (Å²) in [5.41, 5.74) is -1.02. The molecule has 1 aromatic carbocycles. The predicted octanol–water partition coefficient (Wildman–Crippen LogP) is 3.42. The van der Waals surface area contributed by atoms with E-state index in [2.05, 4.69) is 31.2 Å². The van der Waals surface area contributed by atoms with Crippen LogP contribution in [0.1, 0.15) is 33.1 Å². The van der Waals surface area contributed by atoms with E-state index in [4.69, 9.17) is 9.78 Å². The van der Waals surface area contributed by atoms with Crippen molar-refractivity contribution in [2.24, 2.45) is 5.92 Å². The maximum absolute atomic E-state index is 10.3. The highest BCUT2D eigenvalue weighted by molar-refractivity contribution is 7.99. The van der Waals surface area contributed by atoms with Crippen molar-refractivity contribution < 1.29 is 14.9 Å². The average Bonchev–Trinajstić information content (AvgIpc) is 2.45. The lowest BCUT2D eigenvalue weighted by Crippen LogP contribution is -2.57. The zero-order valence-corrected chi connectivity index (χ0v) is 12.9. The molecule has 2 aliphatic rings. The normalized spacial score (nSPS) is 40.5. The van der Waals surface area contributed by atoms with E-state index in [1.807, 2.05) is 13.0 Å². The number of hydrogen-bond donors (Lipinski definition) is 1. The van der Waals surface area contributed by atoms with Crippen molar-refractivity contribution in [2.75, 3.05) is 5.75 Å². The van der Waals surface area contributed by atoms with Crippen LogP contribution < -0.4 is 0 Å². The SMILES string of the molecule is CC1(CSc2ccccc2)OOC2CC1CC[C@]2(C)O.